The largest absolute Gasteiger partial charge is 0.419 e. The first kappa shape index (κ1) is 25.2. The van der Waals surface area contributed by atoms with Gasteiger partial charge in [-0.05, 0) is 49.6 Å². The summed E-state index contributed by atoms with van der Waals surface area (Å²) < 4.78 is 19.3. The number of amides is 1. The van der Waals surface area contributed by atoms with Crippen LogP contribution in [0.1, 0.15) is 46.8 Å². The lowest BCUT2D eigenvalue weighted by Crippen LogP contribution is -2.48. The maximum absolute atomic E-state index is 14.1. The number of aliphatic hydroxyl groups excluding tert-OH is 1. The van der Waals surface area contributed by atoms with Gasteiger partial charge in [-0.3, -0.25) is 10.2 Å². The van der Waals surface area contributed by atoms with Crippen LogP contribution in [0, 0.1) is 16.6 Å². The third-order valence-electron chi connectivity index (χ3n) is 5.33. The van der Waals surface area contributed by atoms with Gasteiger partial charge in [-0.1, -0.05) is 13.8 Å². The number of ether oxygens (including phenoxy) is 1. The smallest absolute Gasteiger partial charge is 0.353 e. The number of rotatable bonds is 11. The van der Waals surface area contributed by atoms with Crippen LogP contribution in [0.5, 0.6) is 5.75 Å². The summed E-state index contributed by atoms with van der Waals surface area (Å²) >= 11 is 1.13. The molecule has 0 aliphatic heterocycles. The van der Waals surface area contributed by atoms with Gasteiger partial charge in [0.15, 0.2) is 11.6 Å². The maximum Gasteiger partial charge on any atom is 0.353 e. The first-order valence-corrected chi connectivity index (χ1v) is 10.8. The molecule has 0 fully saturated rings. The first-order chi connectivity index (χ1) is 15.2. The van der Waals surface area contributed by atoms with E-state index in [0.29, 0.717) is 25.5 Å². The Morgan fingerprint density at radius 2 is 2.00 bits per heavy atom. The molecule has 0 bridgehead atoms. The number of carbonyl (C=O) groups excluding carboxylic acids is 3. The second-order valence-corrected chi connectivity index (χ2v) is 8.45. The van der Waals surface area contributed by atoms with Crippen molar-refractivity contribution in [2.75, 3.05) is 6.61 Å². The summed E-state index contributed by atoms with van der Waals surface area (Å²) in [4.78, 5) is 37.2. The fourth-order valence-corrected chi connectivity index (χ4v) is 4.19. The lowest BCUT2D eigenvalue weighted by molar-refractivity contribution is -0.134. The topological polar surface area (TPSA) is 143 Å². The zero-order valence-corrected chi connectivity index (χ0v) is 18.6. The van der Waals surface area contributed by atoms with E-state index in [4.69, 9.17) is 15.9 Å². The molecule has 8 nitrogen and oxygen atoms in total. The number of benzene rings is 1. The highest BCUT2D eigenvalue weighted by atomic mass is 32.1. The molecule has 2 rings (SSSR count). The van der Waals surface area contributed by atoms with Gasteiger partial charge in [-0.2, -0.15) is 0 Å². The highest BCUT2D eigenvalue weighted by molar-refractivity contribution is 7.14. The molecule has 0 spiro atoms. The van der Waals surface area contributed by atoms with Gasteiger partial charge in [-0.25, -0.2) is 9.18 Å². The van der Waals surface area contributed by atoms with E-state index >= 15 is 0 Å². The quantitative estimate of drug-likeness (QED) is 0.133. The number of halogens is 1. The Morgan fingerprint density at radius 3 is 2.53 bits per heavy atom. The Bertz CT molecular complexity index is 1000. The van der Waals surface area contributed by atoms with Gasteiger partial charge in [0.25, 0.3) is 0 Å². The van der Waals surface area contributed by atoms with Crippen molar-refractivity contribution in [2.24, 2.45) is 11.1 Å². The first-order valence-electron chi connectivity index (χ1n) is 10.0. The van der Waals surface area contributed by atoms with E-state index in [1.807, 2.05) is 13.8 Å². The van der Waals surface area contributed by atoms with E-state index in [1.165, 1.54) is 12.1 Å². The zero-order chi connectivity index (χ0) is 23.9. The number of hydrogen-bond donors (Lipinski definition) is 4. The summed E-state index contributed by atoms with van der Waals surface area (Å²) in [5, 5.41) is 19.1. The molecule has 1 aromatic carbocycles. The summed E-state index contributed by atoms with van der Waals surface area (Å²) in [6.45, 7) is 3.22. The summed E-state index contributed by atoms with van der Waals surface area (Å²) in [5.74, 6) is -2.50. The Kier molecular flexibility index (Phi) is 8.62. The molecule has 1 aromatic heterocycles. The van der Waals surface area contributed by atoms with Gasteiger partial charge < -0.3 is 25.7 Å². The van der Waals surface area contributed by atoms with Crippen LogP contribution in [0.25, 0.3) is 0 Å². The van der Waals surface area contributed by atoms with Crippen molar-refractivity contribution in [3.63, 3.8) is 0 Å². The summed E-state index contributed by atoms with van der Waals surface area (Å²) in [6, 6.07) is 5.89. The summed E-state index contributed by atoms with van der Waals surface area (Å²) in [5.41, 5.74) is 4.67. The number of nitrogens with two attached hydrogens (primary N) is 1. The molecule has 10 heteroatoms. The standard InChI is InChI=1S/C22H26FN3O5S/c1-3-22(4-2,21(30)26-14(11-27)12-28)10-15-6-8-18(32-15)20(29)31-17-7-5-13(19(24)25)9-16(17)23/h5-9,11,14,28H,3-4,10,12H2,1-2H3,(H3,24,25)(H,26,30)/t14-/m1/s1. The Hall–Kier alpha value is -3.11. The van der Waals surface area contributed by atoms with Crippen molar-refractivity contribution in [1.82, 2.24) is 5.32 Å². The SMILES string of the molecule is CCC(CC)(Cc1ccc(C(=O)Oc2ccc(C(=N)N)cc2F)s1)C(=O)N[C@H](C=O)CO. The van der Waals surface area contributed by atoms with Crippen LogP contribution in [0.3, 0.4) is 0 Å². The molecule has 32 heavy (non-hydrogen) atoms. The minimum atomic E-state index is -0.974. The van der Waals surface area contributed by atoms with Crippen LogP contribution in [0.4, 0.5) is 4.39 Å². The number of hydrogen-bond acceptors (Lipinski definition) is 7. The van der Waals surface area contributed by atoms with Gasteiger partial charge in [0.1, 0.15) is 23.0 Å². The fourth-order valence-electron chi connectivity index (χ4n) is 3.16. The number of carbonyl (C=O) groups is 3. The molecule has 5 N–H and O–H groups in total. The summed E-state index contributed by atoms with van der Waals surface area (Å²) in [6.07, 6.45) is 1.77. The number of nitrogen functional groups attached to an aromatic ring is 1. The average Bonchev–Trinajstić information content (AvgIpc) is 3.25. The lowest BCUT2D eigenvalue weighted by Gasteiger charge is -2.31. The monoisotopic (exact) mass is 463 g/mol. The molecule has 0 radical (unpaired) electrons. The number of thiophene rings is 1. The number of nitrogens with one attached hydrogen (secondary N) is 2. The normalized spacial score (nSPS) is 12.1. The molecular formula is C22H26FN3O5S. The van der Waals surface area contributed by atoms with Crippen LogP contribution >= 0.6 is 11.3 Å². The van der Waals surface area contributed by atoms with E-state index in [2.05, 4.69) is 5.32 Å². The number of aliphatic hydroxyl groups is 1. The predicted octanol–water partition coefficient (Wildman–Crippen LogP) is 2.42. The minimum absolute atomic E-state index is 0.174. The molecule has 0 saturated heterocycles. The maximum atomic E-state index is 14.1. The zero-order valence-electron chi connectivity index (χ0n) is 17.8. The van der Waals surface area contributed by atoms with Gasteiger partial charge >= 0.3 is 5.97 Å². The second-order valence-electron chi connectivity index (χ2n) is 7.28. The van der Waals surface area contributed by atoms with E-state index < -0.39 is 29.9 Å². The van der Waals surface area contributed by atoms with Crippen LogP contribution in [0.2, 0.25) is 0 Å². The minimum Gasteiger partial charge on any atom is -0.419 e. The second kappa shape index (κ2) is 11.0. The number of esters is 1. The molecular weight excluding hydrogens is 437 g/mol. The van der Waals surface area contributed by atoms with Crippen LogP contribution in [-0.4, -0.2) is 41.8 Å². The van der Waals surface area contributed by atoms with Gasteiger partial charge in [0.05, 0.1) is 12.0 Å². The fraction of sp³-hybridized carbons (Fsp3) is 0.364. The molecule has 0 aliphatic rings. The predicted molar refractivity (Wildman–Crippen MR) is 118 cm³/mol. The molecule has 172 valence electrons. The van der Waals surface area contributed by atoms with Crippen LogP contribution in [0.15, 0.2) is 30.3 Å². The van der Waals surface area contributed by atoms with E-state index in [-0.39, 0.29) is 27.9 Å². The Labute approximate surface area is 189 Å². The van der Waals surface area contributed by atoms with Crippen molar-refractivity contribution in [3.8, 4) is 5.75 Å². The average molecular weight is 464 g/mol. The van der Waals surface area contributed by atoms with E-state index in [0.717, 1.165) is 22.3 Å². The summed E-state index contributed by atoms with van der Waals surface area (Å²) in [7, 11) is 0. The van der Waals surface area contributed by atoms with Crippen molar-refractivity contribution in [1.29, 1.82) is 5.41 Å². The van der Waals surface area contributed by atoms with Gasteiger partial charge in [0, 0.05) is 10.4 Å². The molecule has 1 amide bonds. The third kappa shape index (κ3) is 5.77. The molecule has 0 aliphatic carbocycles. The molecule has 1 atom stereocenters. The van der Waals surface area contributed by atoms with Crippen molar-refractivity contribution >= 4 is 35.3 Å². The highest BCUT2D eigenvalue weighted by Crippen LogP contribution is 2.34. The number of amidine groups is 1. The molecule has 0 unspecified atom stereocenters. The Balaban J connectivity index is 2.16. The van der Waals surface area contributed by atoms with Crippen molar-refractivity contribution in [3.05, 3.63) is 51.5 Å². The molecule has 1 heterocycles. The van der Waals surface area contributed by atoms with E-state index in [1.54, 1.807) is 12.1 Å². The molecule has 0 saturated carbocycles. The lowest BCUT2D eigenvalue weighted by atomic mass is 9.77. The van der Waals surface area contributed by atoms with Crippen LogP contribution < -0.4 is 15.8 Å². The third-order valence-corrected chi connectivity index (χ3v) is 6.40. The van der Waals surface area contributed by atoms with Crippen molar-refractivity contribution in [2.45, 2.75) is 39.2 Å². The van der Waals surface area contributed by atoms with Gasteiger partial charge in [-0.15, -0.1) is 11.3 Å². The Morgan fingerprint density at radius 1 is 1.31 bits per heavy atom. The molecule has 2 aromatic rings. The number of aldehydes is 1. The van der Waals surface area contributed by atoms with Crippen LogP contribution in [-0.2, 0) is 16.0 Å². The van der Waals surface area contributed by atoms with Crippen molar-refractivity contribution < 1.29 is 28.6 Å². The van der Waals surface area contributed by atoms with E-state index in [9.17, 15) is 23.9 Å². The van der Waals surface area contributed by atoms with Gasteiger partial charge in [0.2, 0.25) is 5.91 Å². The highest BCUT2D eigenvalue weighted by Gasteiger charge is 2.36.